The summed E-state index contributed by atoms with van der Waals surface area (Å²) < 4.78 is 14.6. The molecule has 3 rings (SSSR count). The third-order valence-corrected chi connectivity index (χ3v) is 5.53. The number of aromatic nitrogens is 3. The van der Waals surface area contributed by atoms with Crippen molar-refractivity contribution in [2.24, 2.45) is 7.05 Å². The van der Waals surface area contributed by atoms with Crippen molar-refractivity contribution in [1.82, 2.24) is 14.5 Å². The first-order chi connectivity index (χ1) is 10.5. The summed E-state index contributed by atoms with van der Waals surface area (Å²) in [5.74, 6) is 0.393. The second-order valence-corrected chi connectivity index (χ2v) is 6.91. The molecule has 5 heteroatoms. The Kier molecular flexibility index (Phi) is 3.83. The van der Waals surface area contributed by atoms with Gasteiger partial charge in [0.25, 0.3) is 0 Å². The number of aryl methyl sites for hydroxylation is 2. The Morgan fingerprint density at radius 2 is 1.86 bits per heavy atom. The number of imidazole rings is 1. The van der Waals surface area contributed by atoms with E-state index >= 15 is 0 Å². The van der Waals surface area contributed by atoms with Crippen molar-refractivity contribution in [2.45, 2.75) is 31.7 Å². The maximum Gasteiger partial charge on any atom is 0.200 e. The van der Waals surface area contributed by atoms with Crippen LogP contribution in [0, 0.1) is 20.8 Å². The Hall–Kier alpha value is -2.01. The van der Waals surface area contributed by atoms with E-state index in [4.69, 9.17) is 0 Å². The lowest BCUT2D eigenvalue weighted by Crippen LogP contribution is -2.07. The maximum absolute atomic E-state index is 12.7. The largest absolute Gasteiger partial charge is 0.320 e. The lowest BCUT2D eigenvalue weighted by Gasteiger charge is -2.10. The molecule has 0 saturated heterocycles. The second kappa shape index (κ2) is 5.65. The van der Waals surface area contributed by atoms with E-state index in [1.807, 2.05) is 55.9 Å². The quantitative estimate of drug-likeness (QED) is 0.746. The van der Waals surface area contributed by atoms with Crippen molar-refractivity contribution >= 4 is 21.8 Å². The van der Waals surface area contributed by atoms with Gasteiger partial charge in [-0.15, -0.1) is 0 Å². The molecule has 0 N–H and O–H groups in total. The van der Waals surface area contributed by atoms with Gasteiger partial charge in [0.05, 0.1) is 33.3 Å². The molecule has 1 unspecified atom stereocenters. The molecule has 1 aromatic carbocycles. The van der Waals surface area contributed by atoms with Gasteiger partial charge in [-0.3, -0.25) is 9.19 Å². The number of fused-ring (bicyclic) bond motifs is 1. The van der Waals surface area contributed by atoms with Gasteiger partial charge in [0, 0.05) is 13.2 Å². The van der Waals surface area contributed by atoms with E-state index < -0.39 is 10.8 Å². The van der Waals surface area contributed by atoms with E-state index in [0.717, 1.165) is 27.9 Å². The standard InChI is InChI=1S/C17H19N3OS/c1-11-9-18-15(13(3)12(11)2)10-22(21)17-19-14-7-5-6-8-16(14)20(17)4/h5-9H,10H2,1-4H3. The van der Waals surface area contributed by atoms with E-state index in [2.05, 4.69) is 16.9 Å². The first-order valence-corrected chi connectivity index (χ1v) is 8.52. The highest BCUT2D eigenvalue weighted by Gasteiger charge is 2.16. The Morgan fingerprint density at radius 1 is 1.14 bits per heavy atom. The molecule has 0 amide bonds. The van der Waals surface area contributed by atoms with Crippen molar-refractivity contribution in [3.05, 3.63) is 52.8 Å². The molecule has 0 radical (unpaired) electrons. The monoisotopic (exact) mass is 313 g/mol. The van der Waals surface area contributed by atoms with Crippen LogP contribution < -0.4 is 0 Å². The molecule has 2 heterocycles. The summed E-state index contributed by atoms with van der Waals surface area (Å²) in [6.07, 6.45) is 1.85. The number of para-hydroxylation sites is 2. The number of benzene rings is 1. The Balaban J connectivity index is 1.97. The molecule has 0 aliphatic heterocycles. The summed E-state index contributed by atoms with van der Waals surface area (Å²) in [5.41, 5.74) is 6.25. The van der Waals surface area contributed by atoms with E-state index in [1.54, 1.807) is 0 Å². The second-order valence-electron chi connectivity index (χ2n) is 5.57. The first kappa shape index (κ1) is 14.9. The van der Waals surface area contributed by atoms with Gasteiger partial charge in [-0.05, 0) is 49.6 Å². The van der Waals surface area contributed by atoms with Crippen molar-refractivity contribution in [3.8, 4) is 0 Å². The van der Waals surface area contributed by atoms with Gasteiger partial charge >= 0.3 is 0 Å². The molecular weight excluding hydrogens is 294 g/mol. The molecule has 114 valence electrons. The Morgan fingerprint density at radius 3 is 2.59 bits per heavy atom. The van der Waals surface area contributed by atoms with Crippen molar-refractivity contribution in [2.75, 3.05) is 0 Å². The number of pyridine rings is 1. The van der Waals surface area contributed by atoms with Gasteiger partial charge < -0.3 is 4.57 Å². The molecule has 0 bridgehead atoms. The highest BCUT2D eigenvalue weighted by Crippen LogP contribution is 2.21. The van der Waals surface area contributed by atoms with Crippen molar-refractivity contribution in [3.63, 3.8) is 0 Å². The Bertz CT molecular complexity index is 883. The minimum absolute atomic E-state index is 0.393. The fraction of sp³-hybridized carbons (Fsp3) is 0.294. The number of hydrogen-bond acceptors (Lipinski definition) is 3. The van der Waals surface area contributed by atoms with Gasteiger partial charge in [0.15, 0.2) is 5.16 Å². The van der Waals surface area contributed by atoms with Crippen LogP contribution in [-0.2, 0) is 23.6 Å². The van der Waals surface area contributed by atoms with Gasteiger partial charge in [-0.25, -0.2) is 4.98 Å². The zero-order valence-corrected chi connectivity index (χ0v) is 14.1. The van der Waals surface area contributed by atoms with Crippen LogP contribution in [0.2, 0.25) is 0 Å². The summed E-state index contributed by atoms with van der Waals surface area (Å²) in [5, 5.41) is 0.598. The normalized spacial score (nSPS) is 12.7. The molecule has 4 nitrogen and oxygen atoms in total. The van der Waals surface area contributed by atoms with Crippen LogP contribution in [0.4, 0.5) is 0 Å². The summed E-state index contributed by atoms with van der Waals surface area (Å²) in [7, 11) is 0.692. The van der Waals surface area contributed by atoms with Gasteiger partial charge in [0.1, 0.15) is 0 Å². The molecule has 0 spiro atoms. The van der Waals surface area contributed by atoms with Crippen molar-refractivity contribution < 1.29 is 4.21 Å². The zero-order chi connectivity index (χ0) is 15.9. The van der Waals surface area contributed by atoms with E-state index in [9.17, 15) is 4.21 Å². The maximum atomic E-state index is 12.7. The number of rotatable bonds is 3. The van der Waals surface area contributed by atoms with E-state index in [0.29, 0.717) is 10.9 Å². The van der Waals surface area contributed by atoms with Crippen LogP contribution in [-0.4, -0.2) is 18.7 Å². The van der Waals surface area contributed by atoms with Crippen LogP contribution in [0.15, 0.2) is 35.6 Å². The molecular formula is C17H19N3OS. The van der Waals surface area contributed by atoms with Crippen LogP contribution in [0.3, 0.4) is 0 Å². The van der Waals surface area contributed by atoms with Gasteiger partial charge in [-0.1, -0.05) is 12.1 Å². The fourth-order valence-electron chi connectivity index (χ4n) is 2.54. The lowest BCUT2D eigenvalue weighted by atomic mass is 10.1. The molecule has 3 aromatic rings. The predicted octanol–water partition coefficient (Wildman–Crippen LogP) is 3.20. The first-order valence-electron chi connectivity index (χ1n) is 7.20. The number of nitrogens with zero attached hydrogens (tertiary/aromatic N) is 3. The minimum atomic E-state index is -1.21. The average molecular weight is 313 g/mol. The molecule has 22 heavy (non-hydrogen) atoms. The summed E-state index contributed by atoms with van der Waals surface area (Å²) in [6.45, 7) is 6.16. The molecule has 2 aromatic heterocycles. The van der Waals surface area contributed by atoms with Crippen LogP contribution in [0.25, 0.3) is 11.0 Å². The molecule has 1 atom stereocenters. The zero-order valence-electron chi connectivity index (χ0n) is 13.3. The van der Waals surface area contributed by atoms with Crippen LogP contribution >= 0.6 is 0 Å². The predicted molar refractivity (Wildman–Crippen MR) is 89.3 cm³/mol. The Labute approximate surface area is 132 Å². The molecule has 0 saturated carbocycles. The minimum Gasteiger partial charge on any atom is -0.320 e. The molecule has 0 aliphatic carbocycles. The van der Waals surface area contributed by atoms with E-state index in [-0.39, 0.29) is 0 Å². The summed E-state index contributed by atoms with van der Waals surface area (Å²) in [4.78, 5) is 8.97. The van der Waals surface area contributed by atoms with Gasteiger partial charge in [0.2, 0.25) is 0 Å². The van der Waals surface area contributed by atoms with Crippen LogP contribution in [0.5, 0.6) is 0 Å². The highest BCUT2D eigenvalue weighted by atomic mass is 32.2. The van der Waals surface area contributed by atoms with Gasteiger partial charge in [-0.2, -0.15) is 0 Å². The fourth-order valence-corrected chi connectivity index (χ4v) is 3.81. The van der Waals surface area contributed by atoms with Crippen LogP contribution in [0.1, 0.15) is 22.4 Å². The summed E-state index contributed by atoms with van der Waals surface area (Å²) in [6, 6.07) is 7.83. The topological polar surface area (TPSA) is 47.8 Å². The third-order valence-electron chi connectivity index (χ3n) is 4.22. The molecule has 0 aliphatic rings. The van der Waals surface area contributed by atoms with Crippen molar-refractivity contribution in [1.29, 1.82) is 0 Å². The highest BCUT2D eigenvalue weighted by molar-refractivity contribution is 7.84. The smallest absolute Gasteiger partial charge is 0.200 e. The average Bonchev–Trinajstić information content (AvgIpc) is 2.85. The third kappa shape index (κ3) is 2.46. The summed E-state index contributed by atoms with van der Waals surface area (Å²) >= 11 is 0. The lowest BCUT2D eigenvalue weighted by molar-refractivity contribution is 0.666. The van der Waals surface area contributed by atoms with E-state index in [1.165, 1.54) is 5.56 Å². The molecule has 0 fully saturated rings. The SMILES string of the molecule is Cc1cnc(CS(=O)c2nc3ccccc3n2C)c(C)c1C. The number of hydrogen-bond donors (Lipinski definition) is 0.